The molecule has 4 heteroatoms. The molecule has 0 aliphatic heterocycles. The van der Waals surface area contributed by atoms with Crippen LogP contribution in [0.5, 0.6) is 0 Å². The molecule has 106 valence electrons. The highest BCUT2D eigenvalue weighted by Crippen LogP contribution is 2.14. The van der Waals surface area contributed by atoms with Gasteiger partial charge in [-0.25, -0.2) is 0 Å². The third-order valence-electron chi connectivity index (χ3n) is 2.89. The number of carbonyl (C=O) groups excluding carboxylic acids is 1. The molecule has 0 rings (SSSR count). The average molecular weight is 258 g/mol. The van der Waals surface area contributed by atoms with Gasteiger partial charge in [-0.15, -0.1) is 0 Å². The smallest absolute Gasteiger partial charge is 0.303 e. The van der Waals surface area contributed by atoms with E-state index in [0.717, 1.165) is 19.3 Å². The molecule has 0 bridgehead atoms. The van der Waals surface area contributed by atoms with Crippen LogP contribution in [0.4, 0.5) is 0 Å². The minimum Gasteiger partial charge on any atom is -0.481 e. The van der Waals surface area contributed by atoms with Gasteiger partial charge >= 0.3 is 11.9 Å². The van der Waals surface area contributed by atoms with E-state index in [1.165, 1.54) is 32.6 Å². The molecule has 0 aromatic carbocycles. The zero-order valence-corrected chi connectivity index (χ0v) is 11.6. The number of ether oxygens (including phenoxy) is 1. The van der Waals surface area contributed by atoms with Crippen LogP contribution in [0.25, 0.3) is 0 Å². The molecule has 1 N–H and O–H groups in total. The van der Waals surface area contributed by atoms with Crippen LogP contribution in [-0.2, 0) is 14.3 Å². The number of carboxylic acids is 1. The molecule has 0 aromatic rings. The van der Waals surface area contributed by atoms with Crippen molar-refractivity contribution in [1.29, 1.82) is 0 Å². The van der Waals surface area contributed by atoms with Gasteiger partial charge < -0.3 is 9.84 Å². The summed E-state index contributed by atoms with van der Waals surface area (Å²) >= 11 is 0. The van der Waals surface area contributed by atoms with Gasteiger partial charge in [0.05, 0.1) is 0 Å². The van der Waals surface area contributed by atoms with Gasteiger partial charge in [0.2, 0.25) is 0 Å². The lowest BCUT2D eigenvalue weighted by molar-refractivity contribution is -0.149. The highest BCUT2D eigenvalue weighted by Gasteiger charge is 2.13. The van der Waals surface area contributed by atoms with Gasteiger partial charge in [-0.3, -0.25) is 9.59 Å². The van der Waals surface area contributed by atoms with Crippen LogP contribution in [0.2, 0.25) is 0 Å². The van der Waals surface area contributed by atoms with Gasteiger partial charge in [0, 0.05) is 13.3 Å². The van der Waals surface area contributed by atoms with Gasteiger partial charge in [0.15, 0.2) is 0 Å². The van der Waals surface area contributed by atoms with Crippen molar-refractivity contribution in [2.75, 3.05) is 0 Å². The molecule has 0 saturated carbocycles. The third kappa shape index (κ3) is 11.4. The van der Waals surface area contributed by atoms with Crippen LogP contribution in [0.3, 0.4) is 0 Å². The lowest BCUT2D eigenvalue weighted by Crippen LogP contribution is -2.17. The predicted molar refractivity (Wildman–Crippen MR) is 70.4 cm³/mol. The van der Waals surface area contributed by atoms with Crippen molar-refractivity contribution in [1.82, 2.24) is 0 Å². The predicted octanol–water partition coefficient (Wildman–Crippen LogP) is 3.53. The molecule has 0 unspecified atom stereocenters. The van der Waals surface area contributed by atoms with Crippen LogP contribution < -0.4 is 0 Å². The molecule has 0 heterocycles. The number of esters is 1. The molecule has 1 atom stereocenters. The van der Waals surface area contributed by atoms with E-state index in [4.69, 9.17) is 9.84 Å². The number of carboxylic acid groups (broad SMARTS) is 1. The molecule has 0 fully saturated rings. The largest absolute Gasteiger partial charge is 0.481 e. The summed E-state index contributed by atoms with van der Waals surface area (Å²) in [5, 5.41) is 8.62. The third-order valence-corrected chi connectivity index (χ3v) is 2.89. The molecular formula is C14H26O4. The van der Waals surface area contributed by atoms with Gasteiger partial charge in [-0.1, -0.05) is 39.0 Å². The highest BCUT2D eigenvalue weighted by atomic mass is 16.5. The molecule has 18 heavy (non-hydrogen) atoms. The Morgan fingerprint density at radius 3 is 2.22 bits per heavy atom. The Balaban J connectivity index is 3.71. The minimum atomic E-state index is -0.838. The maximum atomic E-state index is 10.9. The number of carbonyl (C=O) groups is 2. The van der Waals surface area contributed by atoms with E-state index in [9.17, 15) is 9.59 Å². The summed E-state index contributed by atoms with van der Waals surface area (Å²) in [6.45, 7) is 3.55. The Bertz CT molecular complexity index is 238. The van der Waals surface area contributed by atoms with Crippen molar-refractivity contribution in [3.05, 3.63) is 0 Å². The first kappa shape index (κ1) is 16.9. The van der Waals surface area contributed by atoms with E-state index in [-0.39, 0.29) is 18.5 Å². The lowest BCUT2D eigenvalue weighted by Gasteiger charge is -2.15. The second-order valence-corrected chi connectivity index (χ2v) is 4.72. The van der Waals surface area contributed by atoms with Gasteiger partial charge in [-0.05, 0) is 19.3 Å². The van der Waals surface area contributed by atoms with E-state index < -0.39 is 5.97 Å². The standard InChI is InChI=1S/C14H26O4/c1-3-4-5-6-7-8-9-13(18-12(2)15)10-11-14(16)17/h13H,3-11H2,1-2H3,(H,16,17)/t13-/m1/s1. The average Bonchev–Trinajstić information content (AvgIpc) is 2.29. The number of rotatable bonds is 11. The lowest BCUT2D eigenvalue weighted by atomic mass is 10.0. The normalized spacial score (nSPS) is 12.1. The van der Waals surface area contributed by atoms with E-state index in [0.29, 0.717) is 6.42 Å². The number of hydrogen-bond donors (Lipinski definition) is 1. The zero-order chi connectivity index (χ0) is 13.8. The monoisotopic (exact) mass is 258 g/mol. The molecule has 0 aliphatic carbocycles. The summed E-state index contributed by atoms with van der Waals surface area (Å²) in [6.07, 6.45) is 8.12. The fourth-order valence-electron chi connectivity index (χ4n) is 1.93. The van der Waals surface area contributed by atoms with E-state index >= 15 is 0 Å². The van der Waals surface area contributed by atoms with E-state index in [2.05, 4.69) is 6.92 Å². The molecule has 0 aromatic heterocycles. The van der Waals surface area contributed by atoms with Crippen LogP contribution in [0.15, 0.2) is 0 Å². The van der Waals surface area contributed by atoms with Crippen LogP contribution >= 0.6 is 0 Å². The second-order valence-electron chi connectivity index (χ2n) is 4.72. The first-order valence-corrected chi connectivity index (χ1v) is 6.95. The van der Waals surface area contributed by atoms with Crippen molar-refractivity contribution in [3.63, 3.8) is 0 Å². The Kier molecular flexibility index (Phi) is 10.4. The summed E-state index contributed by atoms with van der Waals surface area (Å²) in [4.78, 5) is 21.4. The number of aliphatic carboxylic acids is 1. The Labute approximate surface area is 110 Å². The van der Waals surface area contributed by atoms with Crippen LogP contribution in [-0.4, -0.2) is 23.1 Å². The quantitative estimate of drug-likeness (QED) is 0.455. The first-order valence-electron chi connectivity index (χ1n) is 6.95. The summed E-state index contributed by atoms with van der Waals surface area (Å²) in [5.41, 5.74) is 0. The number of unbranched alkanes of at least 4 members (excludes halogenated alkanes) is 5. The molecule has 0 aliphatic rings. The summed E-state index contributed by atoms with van der Waals surface area (Å²) in [7, 11) is 0. The van der Waals surface area contributed by atoms with E-state index in [1.54, 1.807) is 0 Å². The van der Waals surface area contributed by atoms with Gasteiger partial charge in [0.1, 0.15) is 6.10 Å². The SMILES string of the molecule is CCCCCCCC[C@H](CCC(=O)O)OC(C)=O. The van der Waals surface area contributed by atoms with Gasteiger partial charge in [-0.2, -0.15) is 0 Å². The maximum absolute atomic E-state index is 10.9. The number of hydrogen-bond acceptors (Lipinski definition) is 3. The summed E-state index contributed by atoms with van der Waals surface area (Å²) < 4.78 is 5.13. The maximum Gasteiger partial charge on any atom is 0.303 e. The second kappa shape index (κ2) is 11.1. The fourth-order valence-corrected chi connectivity index (χ4v) is 1.93. The Morgan fingerprint density at radius 1 is 1.06 bits per heavy atom. The van der Waals surface area contributed by atoms with Crippen molar-refractivity contribution >= 4 is 11.9 Å². The molecule has 0 spiro atoms. The Morgan fingerprint density at radius 2 is 1.67 bits per heavy atom. The van der Waals surface area contributed by atoms with Crippen LogP contribution in [0, 0.1) is 0 Å². The van der Waals surface area contributed by atoms with Crippen LogP contribution in [0.1, 0.15) is 71.6 Å². The van der Waals surface area contributed by atoms with Crippen molar-refractivity contribution in [3.8, 4) is 0 Å². The van der Waals surface area contributed by atoms with Crippen molar-refractivity contribution in [2.45, 2.75) is 77.7 Å². The molecular weight excluding hydrogens is 232 g/mol. The van der Waals surface area contributed by atoms with Gasteiger partial charge in [0.25, 0.3) is 0 Å². The minimum absolute atomic E-state index is 0.0633. The molecule has 0 radical (unpaired) electrons. The van der Waals surface area contributed by atoms with Crippen molar-refractivity contribution < 1.29 is 19.4 Å². The molecule has 0 saturated heterocycles. The van der Waals surface area contributed by atoms with Crippen molar-refractivity contribution in [2.24, 2.45) is 0 Å². The first-order chi connectivity index (χ1) is 8.56. The Hall–Kier alpha value is -1.06. The summed E-state index contributed by atoms with van der Waals surface area (Å²) in [5.74, 6) is -1.16. The highest BCUT2D eigenvalue weighted by molar-refractivity contribution is 5.67. The van der Waals surface area contributed by atoms with E-state index in [1.807, 2.05) is 0 Å². The molecule has 4 nitrogen and oxygen atoms in total. The topological polar surface area (TPSA) is 63.6 Å². The molecule has 0 amide bonds. The zero-order valence-electron chi connectivity index (χ0n) is 11.6. The summed E-state index contributed by atoms with van der Waals surface area (Å²) in [6, 6.07) is 0. The fraction of sp³-hybridized carbons (Fsp3) is 0.857.